The van der Waals surface area contributed by atoms with E-state index in [1.54, 1.807) is 6.20 Å². The third-order valence-corrected chi connectivity index (χ3v) is 8.31. The molecule has 34 heavy (non-hydrogen) atoms. The Kier molecular flexibility index (Phi) is 6.33. The van der Waals surface area contributed by atoms with Crippen molar-refractivity contribution in [1.82, 2.24) is 19.8 Å². The van der Waals surface area contributed by atoms with Gasteiger partial charge in [0, 0.05) is 49.9 Å². The largest absolute Gasteiger partial charge is 0.371 e. The lowest BCUT2D eigenvalue weighted by Crippen LogP contribution is -2.58. The van der Waals surface area contributed by atoms with E-state index in [0.717, 1.165) is 54.0 Å². The van der Waals surface area contributed by atoms with Crippen LogP contribution in [0.1, 0.15) is 72.3 Å². The fraction of sp³-hybridized carbons (Fsp3) is 0.600. The van der Waals surface area contributed by atoms with Gasteiger partial charge in [0.1, 0.15) is 11.5 Å². The summed E-state index contributed by atoms with van der Waals surface area (Å²) in [5.41, 5.74) is 2.22. The lowest BCUT2D eigenvalue weighted by atomic mass is 9.99. The van der Waals surface area contributed by atoms with Crippen LogP contribution in [0.4, 0.5) is 5.82 Å². The van der Waals surface area contributed by atoms with Crippen LogP contribution in [0.2, 0.25) is 0 Å². The minimum atomic E-state index is -0.113. The van der Waals surface area contributed by atoms with E-state index in [4.69, 9.17) is 4.74 Å². The van der Waals surface area contributed by atoms with Crippen LogP contribution in [0.3, 0.4) is 0 Å². The molecule has 4 aliphatic rings. The minimum absolute atomic E-state index is 0.0960. The number of thiazole rings is 1. The van der Waals surface area contributed by atoms with Gasteiger partial charge in [-0.15, -0.1) is 11.3 Å². The third kappa shape index (κ3) is 4.31. The van der Waals surface area contributed by atoms with Gasteiger partial charge in [-0.1, -0.05) is 6.92 Å². The molecule has 2 aromatic heterocycles. The van der Waals surface area contributed by atoms with Crippen LogP contribution in [-0.4, -0.2) is 75.5 Å². The summed E-state index contributed by atoms with van der Waals surface area (Å²) in [4.78, 5) is 40.6. The number of carbonyl (C=O) groups excluding carboxylic acids is 2. The maximum absolute atomic E-state index is 13.6. The number of rotatable bonds is 6. The third-order valence-electron chi connectivity index (χ3n) is 7.23. The predicted octanol–water partition coefficient (Wildman–Crippen LogP) is 3.96. The van der Waals surface area contributed by atoms with E-state index < -0.39 is 0 Å². The molecule has 4 atom stereocenters. The van der Waals surface area contributed by atoms with Crippen LogP contribution in [-0.2, 0) is 4.74 Å². The SMILES string of the molecule is CC[C@@H](C)Nc1cc(C)c(-c2sc(C(=O)N3CC4CC(C3)O4)nc2C(=O)N2CCC[C@@H]2C)cn1. The molecule has 2 unspecified atom stereocenters. The normalized spacial score (nSPS) is 24.6. The van der Waals surface area contributed by atoms with E-state index in [9.17, 15) is 9.59 Å². The van der Waals surface area contributed by atoms with Gasteiger partial charge < -0.3 is 19.9 Å². The van der Waals surface area contributed by atoms with Gasteiger partial charge in [-0.05, 0) is 51.7 Å². The second kappa shape index (κ2) is 9.26. The maximum Gasteiger partial charge on any atom is 0.283 e. The summed E-state index contributed by atoms with van der Waals surface area (Å²) >= 11 is 1.31. The number of likely N-dealkylation sites (tertiary alicyclic amines) is 1. The summed E-state index contributed by atoms with van der Waals surface area (Å²) in [5, 5.41) is 3.77. The van der Waals surface area contributed by atoms with Gasteiger partial charge in [-0.3, -0.25) is 9.59 Å². The van der Waals surface area contributed by atoms with Crippen molar-refractivity contribution >= 4 is 29.0 Å². The van der Waals surface area contributed by atoms with E-state index in [2.05, 4.69) is 36.1 Å². The zero-order valence-corrected chi connectivity index (χ0v) is 21.2. The Hall–Kier alpha value is -2.52. The van der Waals surface area contributed by atoms with Crippen molar-refractivity contribution < 1.29 is 14.3 Å². The molecule has 182 valence electrons. The van der Waals surface area contributed by atoms with E-state index in [1.807, 2.05) is 22.8 Å². The molecule has 0 aromatic carbocycles. The average molecular weight is 484 g/mol. The smallest absolute Gasteiger partial charge is 0.283 e. The molecular weight excluding hydrogens is 450 g/mol. The van der Waals surface area contributed by atoms with Crippen molar-refractivity contribution in [2.24, 2.45) is 0 Å². The van der Waals surface area contributed by atoms with Crippen LogP contribution in [0.5, 0.6) is 0 Å². The molecule has 9 heteroatoms. The monoisotopic (exact) mass is 483 g/mol. The molecule has 0 saturated carbocycles. The minimum Gasteiger partial charge on any atom is -0.371 e. The summed E-state index contributed by atoms with van der Waals surface area (Å²) in [5.74, 6) is 0.602. The number of hydrogen-bond acceptors (Lipinski definition) is 7. The average Bonchev–Trinajstić information content (AvgIpc) is 3.44. The van der Waals surface area contributed by atoms with Crippen LogP contribution < -0.4 is 5.32 Å². The highest BCUT2D eigenvalue weighted by atomic mass is 32.1. The molecule has 0 spiro atoms. The predicted molar refractivity (Wildman–Crippen MR) is 132 cm³/mol. The molecule has 0 aliphatic carbocycles. The standard InChI is InChI=1S/C25H33N5O3S/c1-5-15(3)27-20-9-14(2)19(11-26-20)22-21(24(31)30-8-6-7-16(30)4)28-23(34-22)25(32)29-12-17-10-18(13-29)33-17/h9,11,15-18H,5-8,10,12-13H2,1-4H3,(H,26,27)/t15-,16+,17?,18?/m1/s1. The topological polar surface area (TPSA) is 87.7 Å². The summed E-state index contributed by atoms with van der Waals surface area (Å²) in [7, 11) is 0. The van der Waals surface area contributed by atoms with Gasteiger partial charge in [-0.2, -0.15) is 0 Å². The van der Waals surface area contributed by atoms with Gasteiger partial charge in [0.15, 0.2) is 5.01 Å². The van der Waals surface area contributed by atoms with Crippen molar-refractivity contribution in [3.63, 3.8) is 0 Å². The zero-order chi connectivity index (χ0) is 24.0. The number of nitrogens with one attached hydrogen (secondary N) is 1. The molecule has 8 nitrogen and oxygen atoms in total. The Labute approximate surface area is 204 Å². The number of hydrogen-bond donors (Lipinski definition) is 1. The Bertz CT molecular complexity index is 1090. The number of aromatic nitrogens is 2. The number of morpholine rings is 1. The zero-order valence-electron chi connectivity index (χ0n) is 20.3. The molecular formula is C25H33N5O3S. The number of anilines is 1. The molecule has 2 amide bonds. The van der Waals surface area contributed by atoms with Crippen molar-refractivity contribution in [2.45, 2.75) is 77.7 Å². The number of nitrogens with zero attached hydrogens (tertiary/aromatic N) is 4. The summed E-state index contributed by atoms with van der Waals surface area (Å²) < 4.78 is 5.68. The molecule has 4 fully saturated rings. The number of carbonyl (C=O) groups is 2. The van der Waals surface area contributed by atoms with Crippen molar-refractivity contribution in [3.8, 4) is 10.4 Å². The Morgan fingerprint density at radius 2 is 2.03 bits per heavy atom. The van der Waals surface area contributed by atoms with E-state index >= 15 is 0 Å². The molecule has 6 rings (SSSR count). The number of amides is 2. The van der Waals surface area contributed by atoms with Gasteiger partial charge >= 0.3 is 0 Å². The fourth-order valence-electron chi connectivity index (χ4n) is 4.99. The molecule has 1 N–H and O–H groups in total. The first kappa shape index (κ1) is 23.2. The number of ether oxygens (including phenoxy) is 1. The van der Waals surface area contributed by atoms with E-state index in [-0.39, 0.29) is 30.1 Å². The lowest BCUT2D eigenvalue weighted by molar-refractivity contribution is -0.171. The van der Waals surface area contributed by atoms with E-state index in [1.165, 1.54) is 11.3 Å². The van der Waals surface area contributed by atoms with Crippen LogP contribution >= 0.6 is 11.3 Å². The second-order valence-electron chi connectivity index (χ2n) is 9.85. The first-order valence-electron chi connectivity index (χ1n) is 12.3. The highest BCUT2D eigenvalue weighted by Crippen LogP contribution is 2.36. The highest BCUT2D eigenvalue weighted by Gasteiger charge is 2.41. The maximum atomic E-state index is 13.6. The van der Waals surface area contributed by atoms with Crippen LogP contribution in [0, 0.1) is 6.92 Å². The number of piperidine rings is 1. The van der Waals surface area contributed by atoms with Gasteiger partial charge in [0.25, 0.3) is 11.8 Å². The molecule has 4 aliphatic heterocycles. The fourth-order valence-corrected chi connectivity index (χ4v) is 6.09. The number of pyridine rings is 1. The van der Waals surface area contributed by atoms with Crippen LogP contribution in [0.15, 0.2) is 12.3 Å². The van der Waals surface area contributed by atoms with Gasteiger partial charge in [0.2, 0.25) is 0 Å². The highest BCUT2D eigenvalue weighted by molar-refractivity contribution is 7.17. The summed E-state index contributed by atoms with van der Waals surface area (Å²) in [6.07, 6.45) is 6.06. The van der Waals surface area contributed by atoms with Gasteiger partial charge in [0.05, 0.1) is 17.1 Å². The summed E-state index contributed by atoms with van der Waals surface area (Å²) in [6, 6.07) is 2.50. The molecule has 2 aromatic rings. The number of aryl methyl sites for hydroxylation is 1. The van der Waals surface area contributed by atoms with E-state index in [0.29, 0.717) is 29.8 Å². The lowest BCUT2D eigenvalue weighted by Gasteiger charge is -2.46. The van der Waals surface area contributed by atoms with Crippen molar-refractivity contribution in [2.75, 3.05) is 25.0 Å². The molecule has 4 saturated heterocycles. The van der Waals surface area contributed by atoms with Gasteiger partial charge in [-0.25, -0.2) is 9.97 Å². The Balaban J connectivity index is 1.49. The van der Waals surface area contributed by atoms with Crippen molar-refractivity contribution in [3.05, 3.63) is 28.5 Å². The molecule has 2 bridgehead atoms. The molecule has 6 heterocycles. The first-order chi connectivity index (χ1) is 16.3. The first-order valence-corrected chi connectivity index (χ1v) is 13.2. The Morgan fingerprint density at radius 3 is 2.65 bits per heavy atom. The quantitative estimate of drug-likeness (QED) is 0.669. The summed E-state index contributed by atoms with van der Waals surface area (Å²) in [6.45, 7) is 10.2. The molecule has 0 radical (unpaired) electrons. The second-order valence-corrected chi connectivity index (χ2v) is 10.8. The van der Waals surface area contributed by atoms with Crippen molar-refractivity contribution in [1.29, 1.82) is 0 Å². The Morgan fingerprint density at radius 1 is 1.29 bits per heavy atom. The van der Waals surface area contributed by atoms with Crippen LogP contribution in [0.25, 0.3) is 10.4 Å². The number of fused-ring (bicyclic) bond motifs is 2.